The number of hydrogen-bond acceptors (Lipinski definition) is 2. The van der Waals surface area contributed by atoms with Gasteiger partial charge in [0.25, 0.3) is 0 Å². The molecule has 2 rings (SSSR count). The lowest BCUT2D eigenvalue weighted by Crippen LogP contribution is -2.22. The van der Waals surface area contributed by atoms with Crippen molar-refractivity contribution in [2.75, 3.05) is 6.54 Å². The molecule has 0 aliphatic carbocycles. The first-order valence-electron chi connectivity index (χ1n) is 5.85. The number of nitrogens with one attached hydrogen (secondary N) is 1. The summed E-state index contributed by atoms with van der Waals surface area (Å²) in [5.41, 5.74) is 1.81. The molecule has 1 N–H and O–H groups in total. The topological polar surface area (TPSA) is 12.0 Å². The maximum atomic E-state index is 14.0. The van der Waals surface area contributed by atoms with Crippen LogP contribution in [0.3, 0.4) is 0 Å². The largest absolute Gasteiger partial charge is 0.306 e. The molecule has 18 heavy (non-hydrogen) atoms. The van der Waals surface area contributed by atoms with Gasteiger partial charge in [-0.15, -0.1) is 11.3 Å². The van der Waals surface area contributed by atoms with E-state index in [0.717, 1.165) is 16.6 Å². The summed E-state index contributed by atoms with van der Waals surface area (Å²) >= 11 is 5.09. The third-order valence-electron chi connectivity index (χ3n) is 2.76. The SMILES string of the molecule is CCNC(c1csc(C)c1)c1cc(Br)ccc1F. The van der Waals surface area contributed by atoms with Crippen LogP contribution in [0.15, 0.2) is 34.1 Å². The van der Waals surface area contributed by atoms with E-state index in [1.54, 1.807) is 17.4 Å². The van der Waals surface area contributed by atoms with Crippen molar-refractivity contribution >= 4 is 27.3 Å². The van der Waals surface area contributed by atoms with E-state index in [0.29, 0.717) is 5.56 Å². The second kappa shape index (κ2) is 5.95. The summed E-state index contributed by atoms with van der Waals surface area (Å²) in [6.45, 7) is 4.89. The molecule has 0 spiro atoms. The lowest BCUT2D eigenvalue weighted by molar-refractivity contribution is 0.559. The molecule has 0 amide bonds. The van der Waals surface area contributed by atoms with Crippen molar-refractivity contribution in [1.82, 2.24) is 5.32 Å². The highest BCUT2D eigenvalue weighted by Crippen LogP contribution is 2.29. The zero-order valence-electron chi connectivity index (χ0n) is 10.3. The number of aryl methyl sites for hydroxylation is 1. The van der Waals surface area contributed by atoms with Crippen LogP contribution < -0.4 is 5.32 Å². The van der Waals surface area contributed by atoms with Crippen LogP contribution in [0.25, 0.3) is 0 Å². The Morgan fingerprint density at radius 3 is 2.78 bits per heavy atom. The van der Waals surface area contributed by atoms with Crippen molar-refractivity contribution in [1.29, 1.82) is 0 Å². The minimum Gasteiger partial charge on any atom is -0.306 e. The first-order valence-corrected chi connectivity index (χ1v) is 7.52. The number of hydrogen-bond donors (Lipinski definition) is 1. The fraction of sp³-hybridized carbons (Fsp3) is 0.286. The fourth-order valence-electron chi connectivity index (χ4n) is 1.96. The highest BCUT2D eigenvalue weighted by atomic mass is 79.9. The van der Waals surface area contributed by atoms with Gasteiger partial charge >= 0.3 is 0 Å². The van der Waals surface area contributed by atoms with Gasteiger partial charge in [-0.05, 0) is 48.7 Å². The summed E-state index contributed by atoms with van der Waals surface area (Å²) in [6.07, 6.45) is 0. The average molecular weight is 328 g/mol. The molecule has 1 heterocycles. The third kappa shape index (κ3) is 2.99. The summed E-state index contributed by atoms with van der Waals surface area (Å²) in [6, 6.07) is 7.09. The van der Waals surface area contributed by atoms with Gasteiger partial charge in [0.15, 0.2) is 0 Å². The molecule has 96 valence electrons. The van der Waals surface area contributed by atoms with E-state index in [1.807, 2.05) is 13.0 Å². The van der Waals surface area contributed by atoms with E-state index in [-0.39, 0.29) is 11.9 Å². The molecule has 1 aromatic heterocycles. The highest BCUT2D eigenvalue weighted by Gasteiger charge is 2.18. The van der Waals surface area contributed by atoms with Crippen molar-refractivity contribution in [2.45, 2.75) is 19.9 Å². The molecule has 0 fully saturated rings. The second-order valence-corrected chi connectivity index (χ2v) is 6.18. The van der Waals surface area contributed by atoms with Crippen LogP contribution in [0.4, 0.5) is 4.39 Å². The van der Waals surface area contributed by atoms with E-state index in [4.69, 9.17) is 0 Å². The molecule has 0 saturated heterocycles. The first-order chi connectivity index (χ1) is 8.61. The molecule has 0 aliphatic heterocycles. The van der Waals surface area contributed by atoms with Gasteiger partial charge in [0, 0.05) is 14.9 Å². The standard InChI is InChI=1S/C14H15BrFNS/c1-3-17-14(10-6-9(2)18-8-10)12-7-11(15)4-5-13(12)16/h4-8,14,17H,3H2,1-2H3. The first kappa shape index (κ1) is 13.7. The van der Waals surface area contributed by atoms with Crippen LogP contribution in [0.1, 0.15) is 29.0 Å². The van der Waals surface area contributed by atoms with Crippen LogP contribution in [0.5, 0.6) is 0 Å². The zero-order chi connectivity index (χ0) is 13.1. The van der Waals surface area contributed by atoms with Gasteiger partial charge < -0.3 is 5.32 Å². The fourth-order valence-corrected chi connectivity index (χ4v) is 3.07. The molecule has 1 nitrogen and oxygen atoms in total. The Kier molecular flexibility index (Phi) is 4.54. The van der Waals surface area contributed by atoms with E-state index < -0.39 is 0 Å². The van der Waals surface area contributed by atoms with Crippen LogP contribution in [0.2, 0.25) is 0 Å². The molecule has 0 aliphatic rings. The lowest BCUT2D eigenvalue weighted by atomic mass is 10.0. The monoisotopic (exact) mass is 327 g/mol. The quantitative estimate of drug-likeness (QED) is 0.861. The Hall–Kier alpha value is -0.710. The molecule has 1 unspecified atom stereocenters. The normalized spacial score (nSPS) is 12.7. The smallest absolute Gasteiger partial charge is 0.128 e. The molecule has 0 saturated carbocycles. The van der Waals surface area contributed by atoms with Gasteiger partial charge in [-0.2, -0.15) is 0 Å². The maximum absolute atomic E-state index is 14.0. The summed E-state index contributed by atoms with van der Waals surface area (Å²) in [5, 5.41) is 5.43. The molecule has 1 atom stereocenters. The van der Waals surface area contributed by atoms with Gasteiger partial charge in [0.05, 0.1) is 6.04 Å². The van der Waals surface area contributed by atoms with Crippen LogP contribution >= 0.6 is 27.3 Å². The highest BCUT2D eigenvalue weighted by molar-refractivity contribution is 9.10. The third-order valence-corrected chi connectivity index (χ3v) is 4.13. The number of thiophene rings is 1. The van der Waals surface area contributed by atoms with E-state index in [1.165, 1.54) is 10.9 Å². The minimum atomic E-state index is -0.173. The van der Waals surface area contributed by atoms with Crippen LogP contribution in [0, 0.1) is 12.7 Å². The Morgan fingerprint density at radius 1 is 1.39 bits per heavy atom. The average Bonchev–Trinajstić information content (AvgIpc) is 2.76. The summed E-state index contributed by atoms with van der Waals surface area (Å²) in [4.78, 5) is 1.24. The van der Waals surface area contributed by atoms with Crippen molar-refractivity contribution in [3.63, 3.8) is 0 Å². The zero-order valence-corrected chi connectivity index (χ0v) is 12.7. The van der Waals surface area contributed by atoms with Crippen molar-refractivity contribution < 1.29 is 4.39 Å². The molecular formula is C14H15BrFNS. The molecule has 1 aromatic carbocycles. The predicted octanol–water partition coefficient (Wildman–Crippen LogP) is 4.66. The molecular weight excluding hydrogens is 313 g/mol. The van der Waals surface area contributed by atoms with Crippen molar-refractivity contribution in [3.8, 4) is 0 Å². The molecule has 2 aromatic rings. The van der Waals surface area contributed by atoms with E-state index in [9.17, 15) is 4.39 Å². The van der Waals surface area contributed by atoms with E-state index >= 15 is 0 Å². The lowest BCUT2D eigenvalue weighted by Gasteiger charge is -2.18. The van der Waals surface area contributed by atoms with Gasteiger partial charge in [-0.25, -0.2) is 4.39 Å². The number of rotatable bonds is 4. The Bertz CT molecular complexity index is 538. The Labute approximate surface area is 119 Å². The van der Waals surface area contributed by atoms with Gasteiger partial charge in [-0.3, -0.25) is 0 Å². The Balaban J connectivity index is 2.44. The Morgan fingerprint density at radius 2 is 2.17 bits per heavy atom. The van der Waals surface area contributed by atoms with E-state index in [2.05, 4.69) is 39.6 Å². The molecule has 0 radical (unpaired) electrons. The van der Waals surface area contributed by atoms with Crippen LogP contribution in [-0.2, 0) is 0 Å². The summed E-state index contributed by atoms with van der Waals surface area (Å²) < 4.78 is 14.9. The van der Waals surface area contributed by atoms with Gasteiger partial charge in [0.1, 0.15) is 5.82 Å². The van der Waals surface area contributed by atoms with Gasteiger partial charge in [-0.1, -0.05) is 22.9 Å². The number of benzene rings is 1. The summed E-state index contributed by atoms with van der Waals surface area (Å²) in [7, 11) is 0. The van der Waals surface area contributed by atoms with Crippen molar-refractivity contribution in [2.24, 2.45) is 0 Å². The number of halogens is 2. The second-order valence-electron chi connectivity index (χ2n) is 4.15. The van der Waals surface area contributed by atoms with Crippen molar-refractivity contribution in [3.05, 3.63) is 55.9 Å². The van der Waals surface area contributed by atoms with Crippen LogP contribution in [-0.4, -0.2) is 6.54 Å². The predicted molar refractivity (Wildman–Crippen MR) is 78.7 cm³/mol. The maximum Gasteiger partial charge on any atom is 0.128 e. The molecule has 0 bridgehead atoms. The van der Waals surface area contributed by atoms with Gasteiger partial charge in [0.2, 0.25) is 0 Å². The summed E-state index contributed by atoms with van der Waals surface area (Å²) in [5.74, 6) is -0.173. The molecule has 4 heteroatoms. The minimum absolute atomic E-state index is 0.0857.